The molecule has 1 atom stereocenters. The Morgan fingerprint density at radius 3 is 2.68 bits per heavy atom. The Morgan fingerprint density at radius 2 is 2.11 bits per heavy atom. The summed E-state index contributed by atoms with van der Waals surface area (Å²) in [6.45, 7) is 1.87. The number of alkyl halides is 3. The van der Waals surface area contributed by atoms with E-state index in [0.29, 0.717) is 12.0 Å². The molecule has 0 aliphatic heterocycles. The van der Waals surface area contributed by atoms with Crippen molar-refractivity contribution in [2.24, 2.45) is 5.73 Å². The lowest BCUT2D eigenvalue weighted by Gasteiger charge is -2.13. The lowest BCUT2D eigenvalue weighted by atomic mass is 10.0. The lowest BCUT2D eigenvalue weighted by molar-refractivity contribution is -0.137. The fraction of sp³-hybridized carbons (Fsp3) is 0.308. The van der Waals surface area contributed by atoms with Gasteiger partial charge in [-0.05, 0) is 24.6 Å². The van der Waals surface area contributed by atoms with E-state index in [1.165, 1.54) is 17.4 Å². The third-order valence-corrected chi connectivity index (χ3v) is 3.69. The summed E-state index contributed by atoms with van der Waals surface area (Å²) in [6.07, 6.45) is -3.90. The zero-order valence-corrected chi connectivity index (χ0v) is 11.1. The highest BCUT2D eigenvalue weighted by atomic mass is 32.1. The van der Waals surface area contributed by atoms with Crippen LogP contribution in [0.2, 0.25) is 0 Å². The second-order valence-corrected chi connectivity index (χ2v) is 5.26. The number of nitrogens with zero attached hydrogens (tertiary/aromatic N) is 1. The van der Waals surface area contributed by atoms with Gasteiger partial charge in [-0.1, -0.05) is 12.1 Å². The summed E-state index contributed by atoms with van der Waals surface area (Å²) in [7, 11) is 0. The highest BCUT2D eigenvalue weighted by molar-refractivity contribution is 7.09. The normalized spacial score (nSPS) is 13.5. The molecule has 0 aliphatic carbocycles. The summed E-state index contributed by atoms with van der Waals surface area (Å²) in [5.41, 5.74) is 6.65. The van der Waals surface area contributed by atoms with Crippen LogP contribution in [-0.2, 0) is 12.6 Å². The summed E-state index contributed by atoms with van der Waals surface area (Å²) >= 11 is 1.47. The second-order valence-electron chi connectivity index (χ2n) is 4.32. The maximum Gasteiger partial charge on any atom is 0.416 e. The molecule has 2 rings (SSSR count). The van der Waals surface area contributed by atoms with Crippen molar-refractivity contribution < 1.29 is 13.2 Å². The minimum absolute atomic E-state index is 0.444. The van der Waals surface area contributed by atoms with Gasteiger partial charge < -0.3 is 5.73 Å². The van der Waals surface area contributed by atoms with E-state index in [-0.39, 0.29) is 0 Å². The molecule has 0 saturated carbocycles. The summed E-state index contributed by atoms with van der Waals surface area (Å²) in [4.78, 5) is 4.26. The van der Waals surface area contributed by atoms with Crippen molar-refractivity contribution >= 4 is 11.3 Å². The van der Waals surface area contributed by atoms with Gasteiger partial charge in [0.25, 0.3) is 0 Å². The van der Waals surface area contributed by atoms with Gasteiger partial charge in [-0.3, -0.25) is 0 Å². The van der Waals surface area contributed by atoms with Gasteiger partial charge in [0.05, 0.1) is 10.6 Å². The van der Waals surface area contributed by atoms with Crippen LogP contribution in [-0.4, -0.2) is 4.98 Å². The predicted molar refractivity (Wildman–Crippen MR) is 68.9 cm³/mol. The molecule has 1 aromatic heterocycles. The van der Waals surface area contributed by atoms with Crippen LogP contribution in [0.15, 0.2) is 29.6 Å². The van der Waals surface area contributed by atoms with Crippen LogP contribution < -0.4 is 5.73 Å². The molecule has 0 amide bonds. The molecule has 19 heavy (non-hydrogen) atoms. The SMILES string of the molecule is Cc1csc(CC(N)c2cccc(C(F)(F)F)c2)n1. The molecule has 0 spiro atoms. The number of hydrogen-bond donors (Lipinski definition) is 1. The van der Waals surface area contributed by atoms with E-state index in [1.807, 2.05) is 12.3 Å². The summed E-state index contributed by atoms with van der Waals surface area (Å²) < 4.78 is 37.8. The zero-order valence-electron chi connectivity index (χ0n) is 10.2. The third kappa shape index (κ3) is 3.54. The number of aryl methyl sites for hydroxylation is 1. The first kappa shape index (κ1) is 14.0. The fourth-order valence-corrected chi connectivity index (χ4v) is 2.58. The maximum atomic E-state index is 12.6. The average Bonchev–Trinajstić information content (AvgIpc) is 2.74. The van der Waals surface area contributed by atoms with Crippen molar-refractivity contribution in [2.45, 2.75) is 25.6 Å². The Morgan fingerprint density at radius 1 is 1.37 bits per heavy atom. The number of hydrogen-bond acceptors (Lipinski definition) is 3. The summed E-state index contributed by atoms with van der Waals surface area (Å²) in [6, 6.07) is 4.66. The number of benzene rings is 1. The van der Waals surface area contributed by atoms with Gasteiger partial charge in [0.15, 0.2) is 0 Å². The molecular formula is C13H13F3N2S. The topological polar surface area (TPSA) is 38.9 Å². The molecule has 1 heterocycles. The van der Waals surface area contributed by atoms with Crippen LogP contribution in [0.25, 0.3) is 0 Å². The van der Waals surface area contributed by atoms with Crippen LogP contribution in [0, 0.1) is 6.92 Å². The van der Waals surface area contributed by atoms with Crippen LogP contribution in [0.3, 0.4) is 0 Å². The monoisotopic (exact) mass is 286 g/mol. The van der Waals surface area contributed by atoms with Gasteiger partial charge in [-0.2, -0.15) is 13.2 Å². The van der Waals surface area contributed by atoms with E-state index in [0.717, 1.165) is 22.8 Å². The Hall–Kier alpha value is -1.40. The van der Waals surface area contributed by atoms with Crippen LogP contribution in [0.1, 0.15) is 27.9 Å². The maximum absolute atomic E-state index is 12.6. The van der Waals surface area contributed by atoms with Crippen LogP contribution in [0.4, 0.5) is 13.2 Å². The summed E-state index contributed by atoms with van der Waals surface area (Å²) in [5.74, 6) is 0. The largest absolute Gasteiger partial charge is 0.416 e. The van der Waals surface area contributed by atoms with Gasteiger partial charge >= 0.3 is 6.18 Å². The highest BCUT2D eigenvalue weighted by Gasteiger charge is 2.30. The van der Waals surface area contributed by atoms with Crippen molar-refractivity contribution in [1.82, 2.24) is 4.98 Å². The molecule has 2 N–H and O–H groups in total. The Balaban J connectivity index is 2.17. The number of nitrogens with two attached hydrogens (primary N) is 1. The minimum Gasteiger partial charge on any atom is -0.324 e. The predicted octanol–water partition coefficient (Wildman–Crippen LogP) is 3.71. The molecule has 0 bridgehead atoms. The Kier molecular flexibility index (Phi) is 3.91. The number of rotatable bonds is 3. The lowest BCUT2D eigenvalue weighted by Crippen LogP contribution is -2.15. The molecule has 0 aliphatic rings. The van der Waals surface area contributed by atoms with Gasteiger partial charge in [-0.15, -0.1) is 11.3 Å². The fourth-order valence-electron chi connectivity index (χ4n) is 1.75. The van der Waals surface area contributed by atoms with E-state index in [4.69, 9.17) is 5.73 Å². The number of thiazole rings is 1. The molecule has 0 saturated heterocycles. The molecule has 1 unspecified atom stereocenters. The van der Waals surface area contributed by atoms with Crippen LogP contribution >= 0.6 is 11.3 Å². The van der Waals surface area contributed by atoms with Crippen molar-refractivity contribution in [1.29, 1.82) is 0 Å². The standard InChI is InChI=1S/C13H13F3N2S/c1-8-7-19-12(18-8)6-11(17)9-3-2-4-10(5-9)13(14,15)16/h2-5,7,11H,6,17H2,1H3. The number of aromatic nitrogens is 1. The first-order valence-corrected chi connectivity index (χ1v) is 6.58. The quantitative estimate of drug-likeness (QED) is 0.934. The van der Waals surface area contributed by atoms with E-state index >= 15 is 0 Å². The molecule has 6 heteroatoms. The smallest absolute Gasteiger partial charge is 0.324 e. The average molecular weight is 286 g/mol. The molecular weight excluding hydrogens is 273 g/mol. The zero-order chi connectivity index (χ0) is 14.0. The van der Waals surface area contributed by atoms with E-state index in [1.54, 1.807) is 6.07 Å². The van der Waals surface area contributed by atoms with Crippen LogP contribution in [0.5, 0.6) is 0 Å². The molecule has 0 fully saturated rings. The third-order valence-electron chi connectivity index (χ3n) is 2.70. The molecule has 102 valence electrons. The highest BCUT2D eigenvalue weighted by Crippen LogP contribution is 2.31. The van der Waals surface area contributed by atoms with Gasteiger partial charge in [0.2, 0.25) is 0 Å². The van der Waals surface area contributed by atoms with Gasteiger partial charge in [0, 0.05) is 23.5 Å². The minimum atomic E-state index is -4.34. The van der Waals surface area contributed by atoms with E-state index < -0.39 is 17.8 Å². The van der Waals surface area contributed by atoms with Crippen molar-refractivity contribution in [3.63, 3.8) is 0 Å². The van der Waals surface area contributed by atoms with Crippen molar-refractivity contribution in [3.05, 3.63) is 51.5 Å². The number of halogens is 3. The van der Waals surface area contributed by atoms with E-state index in [9.17, 15) is 13.2 Å². The molecule has 2 nitrogen and oxygen atoms in total. The van der Waals surface area contributed by atoms with Crippen molar-refractivity contribution in [2.75, 3.05) is 0 Å². The second kappa shape index (κ2) is 5.30. The van der Waals surface area contributed by atoms with Gasteiger partial charge in [-0.25, -0.2) is 4.98 Å². The first-order chi connectivity index (χ1) is 8.86. The Labute approximate surface area is 113 Å². The van der Waals surface area contributed by atoms with Crippen molar-refractivity contribution in [3.8, 4) is 0 Å². The Bertz CT molecular complexity index is 563. The van der Waals surface area contributed by atoms with E-state index in [2.05, 4.69) is 4.98 Å². The van der Waals surface area contributed by atoms with Gasteiger partial charge in [0.1, 0.15) is 0 Å². The molecule has 2 aromatic rings. The summed E-state index contributed by atoms with van der Waals surface area (Å²) in [5, 5.41) is 2.73. The first-order valence-electron chi connectivity index (χ1n) is 5.70. The molecule has 1 aromatic carbocycles. The molecule has 0 radical (unpaired) electrons.